The lowest BCUT2D eigenvalue weighted by Crippen LogP contribution is -2.48. The summed E-state index contributed by atoms with van der Waals surface area (Å²) < 4.78 is 22.2. The zero-order valence-corrected chi connectivity index (χ0v) is 20.4. The number of carbonyl (C=O) groups is 1. The van der Waals surface area contributed by atoms with E-state index in [1.54, 1.807) is 21.3 Å². The Kier molecular flexibility index (Phi) is 8.83. The van der Waals surface area contributed by atoms with Crippen LogP contribution in [0.15, 0.2) is 36.4 Å². The van der Waals surface area contributed by atoms with Crippen LogP contribution in [0.5, 0.6) is 23.0 Å². The van der Waals surface area contributed by atoms with Crippen molar-refractivity contribution in [2.45, 2.75) is 32.7 Å². The number of methoxy groups -OCH3 is 3. The van der Waals surface area contributed by atoms with E-state index in [4.69, 9.17) is 18.9 Å². The molecule has 7 nitrogen and oxygen atoms in total. The van der Waals surface area contributed by atoms with Crippen molar-refractivity contribution in [1.29, 1.82) is 0 Å². The predicted octanol–water partition coefficient (Wildman–Crippen LogP) is 3.95. The zero-order chi connectivity index (χ0) is 23.8. The molecule has 0 N–H and O–H groups in total. The molecule has 0 bridgehead atoms. The molecule has 0 aromatic heterocycles. The van der Waals surface area contributed by atoms with E-state index in [2.05, 4.69) is 30.9 Å². The third-order valence-electron chi connectivity index (χ3n) is 6.04. The summed E-state index contributed by atoms with van der Waals surface area (Å²) in [4.78, 5) is 16.9. The minimum absolute atomic E-state index is 0.136. The lowest BCUT2D eigenvalue weighted by Gasteiger charge is -2.35. The minimum atomic E-state index is 0.136. The predicted molar refractivity (Wildman–Crippen MR) is 129 cm³/mol. The Morgan fingerprint density at radius 2 is 1.55 bits per heavy atom. The quantitative estimate of drug-likeness (QED) is 0.540. The smallest absolute Gasteiger partial charge is 0.226 e. The first kappa shape index (κ1) is 24.7. The molecule has 0 unspecified atom stereocenters. The second-order valence-electron chi connectivity index (χ2n) is 8.47. The fraction of sp³-hybridized carbons (Fsp3) is 0.500. The van der Waals surface area contributed by atoms with Crippen molar-refractivity contribution in [3.63, 3.8) is 0 Å². The largest absolute Gasteiger partial charge is 0.493 e. The van der Waals surface area contributed by atoms with Gasteiger partial charge in [0.25, 0.3) is 0 Å². The van der Waals surface area contributed by atoms with Gasteiger partial charge in [0.1, 0.15) is 5.75 Å². The Bertz CT molecular complexity index is 906. The van der Waals surface area contributed by atoms with Crippen molar-refractivity contribution in [2.24, 2.45) is 0 Å². The topological polar surface area (TPSA) is 60.5 Å². The summed E-state index contributed by atoms with van der Waals surface area (Å²) in [7, 11) is 4.86. The molecule has 1 fully saturated rings. The number of hydrogen-bond acceptors (Lipinski definition) is 6. The lowest BCUT2D eigenvalue weighted by molar-refractivity contribution is -0.133. The standard InChI is InChI=1S/C26H36N2O5/c1-19(2)20-6-9-22(10-7-20)33-17-12-24(29)28-15-13-27(14-16-28)18-21-8-11-23(30-3)26(32-5)25(21)31-4/h6-11,19H,12-18H2,1-5H3. The van der Waals surface area contributed by atoms with E-state index >= 15 is 0 Å². The van der Waals surface area contributed by atoms with Crippen LogP contribution in [-0.2, 0) is 11.3 Å². The van der Waals surface area contributed by atoms with Crippen LogP contribution in [0, 0.1) is 0 Å². The van der Waals surface area contributed by atoms with Gasteiger partial charge in [-0.2, -0.15) is 0 Å². The van der Waals surface area contributed by atoms with Gasteiger partial charge in [-0.25, -0.2) is 0 Å². The first-order valence-electron chi connectivity index (χ1n) is 11.5. The summed E-state index contributed by atoms with van der Waals surface area (Å²) in [6.45, 7) is 8.47. The molecule has 180 valence electrons. The van der Waals surface area contributed by atoms with Gasteiger partial charge in [-0.1, -0.05) is 32.0 Å². The summed E-state index contributed by atoms with van der Waals surface area (Å²) in [5, 5.41) is 0. The third kappa shape index (κ3) is 6.32. The number of rotatable bonds is 10. The Morgan fingerprint density at radius 1 is 0.879 bits per heavy atom. The molecular formula is C26H36N2O5. The molecule has 1 heterocycles. The van der Waals surface area contributed by atoms with Crippen LogP contribution in [0.4, 0.5) is 0 Å². The maximum absolute atomic E-state index is 12.6. The Balaban J connectivity index is 1.46. The molecule has 1 saturated heterocycles. The third-order valence-corrected chi connectivity index (χ3v) is 6.04. The maximum atomic E-state index is 12.6. The number of benzene rings is 2. The average Bonchev–Trinajstić information content (AvgIpc) is 2.84. The van der Waals surface area contributed by atoms with Crippen molar-refractivity contribution in [1.82, 2.24) is 9.80 Å². The normalized spacial score (nSPS) is 14.3. The van der Waals surface area contributed by atoms with E-state index in [9.17, 15) is 4.79 Å². The zero-order valence-electron chi connectivity index (χ0n) is 20.4. The molecule has 1 aliphatic heterocycles. The van der Waals surface area contributed by atoms with Gasteiger partial charge < -0.3 is 23.8 Å². The SMILES string of the molecule is COc1ccc(CN2CCN(C(=O)CCOc3ccc(C(C)C)cc3)CC2)c(OC)c1OC. The van der Waals surface area contributed by atoms with Crippen molar-refractivity contribution in [2.75, 3.05) is 54.1 Å². The molecule has 0 atom stereocenters. The van der Waals surface area contributed by atoms with Gasteiger partial charge in [-0.3, -0.25) is 9.69 Å². The van der Waals surface area contributed by atoms with Crippen molar-refractivity contribution >= 4 is 5.91 Å². The van der Waals surface area contributed by atoms with E-state index in [1.165, 1.54) is 5.56 Å². The summed E-state index contributed by atoms with van der Waals surface area (Å²) in [5.74, 6) is 3.37. The summed E-state index contributed by atoms with van der Waals surface area (Å²) in [5.41, 5.74) is 2.31. The molecule has 7 heteroatoms. The molecule has 0 aliphatic carbocycles. The van der Waals surface area contributed by atoms with Crippen LogP contribution < -0.4 is 18.9 Å². The van der Waals surface area contributed by atoms with Crippen LogP contribution >= 0.6 is 0 Å². The molecule has 2 aromatic rings. The molecule has 1 amide bonds. The second kappa shape index (κ2) is 11.8. The van der Waals surface area contributed by atoms with Crippen molar-refractivity contribution < 1.29 is 23.7 Å². The number of amides is 1. The highest BCUT2D eigenvalue weighted by atomic mass is 16.5. The summed E-state index contributed by atoms with van der Waals surface area (Å²) in [6.07, 6.45) is 0.384. The lowest BCUT2D eigenvalue weighted by atomic mass is 10.0. The Hall–Kier alpha value is -2.93. The monoisotopic (exact) mass is 456 g/mol. The van der Waals surface area contributed by atoms with Crippen molar-refractivity contribution in [3.05, 3.63) is 47.5 Å². The highest BCUT2D eigenvalue weighted by Crippen LogP contribution is 2.40. The fourth-order valence-electron chi connectivity index (χ4n) is 4.05. The minimum Gasteiger partial charge on any atom is -0.493 e. The molecule has 33 heavy (non-hydrogen) atoms. The molecular weight excluding hydrogens is 420 g/mol. The van der Waals surface area contributed by atoms with Gasteiger partial charge >= 0.3 is 0 Å². The highest BCUT2D eigenvalue weighted by Gasteiger charge is 2.23. The van der Waals surface area contributed by atoms with Gasteiger partial charge in [0, 0.05) is 38.3 Å². The van der Waals surface area contributed by atoms with Gasteiger partial charge in [0.2, 0.25) is 11.7 Å². The van der Waals surface area contributed by atoms with E-state index in [-0.39, 0.29) is 5.91 Å². The molecule has 3 rings (SSSR count). The Morgan fingerprint density at radius 3 is 2.12 bits per heavy atom. The molecule has 0 radical (unpaired) electrons. The summed E-state index contributed by atoms with van der Waals surface area (Å²) >= 11 is 0. The number of nitrogens with zero attached hydrogens (tertiary/aromatic N) is 2. The molecule has 0 saturated carbocycles. The van der Waals surface area contributed by atoms with E-state index < -0.39 is 0 Å². The first-order chi connectivity index (χ1) is 16.0. The average molecular weight is 457 g/mol. The highest BCUT2D eigenvalue weighted by molar-refractivity contribution is 5.76. The van der Waals surface area contributed by atoms with E-state index in [0.717, 1.165) is 30.9 Å². The van der Waals surface area contributed by atoms with Crippen LogP contribution in [0.1, 0.15) is 37.3 Å². The van der Waals surface area contributed by atoms with Crippen LogP contribution in [-0.4, -0.2) is 69.8 Å². The molecule has 1 aliphatic rings. The van der Waals surface area contributed by atoms with Gasteiger partial charge in [-0.15, -0.1) is 0 Å². The van der Waals surface area contributed by atoms with Gasteiger partial charge in [-0.05, 0) is 29.7 Å². The molecule has 0 spiro atoms. The van der Waals surface area contributed by atoms with Crippen LogP contribution in [0.25, 0.3) is 0 Å². The number of carbonyl (C=O) groups excluding carboxylic acids is 1. The van der Waals surface area contributed by atoms with E-state index in [0.29, 0.717) is 49.3 Å². The summed E-state index contributed by atoms with van der Waals surface area (Å²) in [6, 6.07) is 12.0. The van der Waals surface area contributed by atoms with Gasteiger partial charge in [0.05, 0.1) is 34.4 Å². The first-order valence-corrected chi connectivity index (χ1v) is 11.5. The number of piperazine rings is 1. The van der Waals surface area contributed by atoms with Gasteiger partial charge in [0.15, 0.2) is 11.5 Å². The maximum Gasteiger partial charge on any atom is 0.226 e. The van der Waals surface area contributed by atoms with E-state index in [1.807, 2.05) is 29.2 Å². The number of hydrogen-bond donors (Lipinski definition) is 0. The van der Waals surface area contributed by atoms with Crippen LogP contribution in [0.3, 0.4) is 0 Å². The molecule has 2 aromatic carbocycles. The Labute approximate surface area is 197 Å². The second-order valence-corrected chi connectivity index (χ2v) is 8.47. The van der Waals surface area contributed by atoms with Crippen LogP contribution in [0.2, 0.25) is 0 Å². The fourth-order valence-corrected chi connectivity index (χ4v) is 4.05. The van der Waals surface area contributed by atoms with Crippen molar-refractivity contribution in [3.8, 4) is 23.0 Å². The number of ether oxygens (including phenoxy) is 4.